The van der Waals surface area contributed by atoms with Crippen molar-refractivity contribution in [3.8, 4) is 11.5 Å². The Hall–Kier alpha value is -1.57. The number of hydrogen-bond acceptors (Lipinski definition) is 3. The molecule has 4 heteroatoms. The SMILES string of the molecule is CCCCCCCCCCCCCCCCCCOP(Oc1ccccc1)Oc1ccccc1. The van der Waals surface area contributed by atoms with Crippen molar-refractivity contribution >= 4 is 8.60 Å². The Balaban J connectivity index is 1.44. The zero-order valence-electron chi connectivity index (χ0n) is 21.5. The Morgan fingerprint density at radius 1 is 0.471 bits per heavy atom. The van der Waals surface area contributed by atoms with Gasteiger partial charge in [-0.25, -0.2) is 0 Å². The summed E-state index contributed by atoms with van der Waals surface area (Å²) in [6.45, 7) is 2.96. The quantitative estimate of drug-likeness (QED) is 0.122. The number of hydrogen-bond donors (Lipinski definition) is 0. The zero-order valence-corrected chi connectivity index (χ0v) is 22.4. The molecular formula is C30H47O3P. The average molecular weight is 487 g/mol. The van der Waals surface area contributed by atoms with Gasteiger partial charge in [0, 0.05) is 0 Å². The second-order valence-corrected chi connectivity index (χ2v) is 10.2. The average Bonchev–Trinajstić information content (AvgIpc) is 2.87. The van der Waals surface area contributed by atoms with Crippen LogP contribution in [0, 0.1) is 0 Å². The van der Waals surface area contributed by atoms with Crippen LogP contribution < -0.4 is 9.05 Å². The van der Waals surface area contributed by atoms with Crippen LogP contribution in [0.4, 0.5) is 0 Å². The van der Waals surface area contributed by atoms with E-state index in [1.807, 2.05) is 60.7 Å². The van der Waals surface area contributed by atoms with Crippen LogP contribution in [-0.4, -0.2) is 6.61 Å². The van der Waals surface area contributed by atoms with E-state index in [2.05, 4.69) is 6.92 Å². The smallest absolute Gasteiger partial charge is 0.418 e. The van der Waals surface area contributed by atoms with Crippen LogP contribution in [0.1, 0.15) is 110 Å². The topological polar surface area (TPSA) is 27.7 Å². The van der Waals surface area contributed by atoms with Crippen LogP contribution in [0.15, 0.2) is 60.7 Å². The maximum atomic E-state index is 5.99. The van der Waals surface area contributed by atoms with Crippen LogP contribution in [0.2, 0.25) is 0 Å². The molecule has 0 radical (unpaired) electrons. The van der Waals surface area contributed by atoms with Gasteiger partial charge in [-0.05, 0) is 30.7 Å². The van der Waals surface area contributed by atoms with E-state index in [0.29, 0.717) is 6.61 Å². The molecular weight excluding hydrogens is 439 g/mol. The second-order valence-electron chi connectivity index (χ2n) is 9.17. The Morgan fingerprint density at radius 3 is 1.21 bits per heavy atom. The Morgan fingerprint density at radius 2 is 0.824 bits per heavy atom. The van der Waals surface area contributed by atoms with Crippen LogP contribution in [0.5, 0.6) is 11.5 Å². The Bertz CT molecular complexity index is 638. The summed E-state index contributed by atoms with van der Waals surface area (Å²) < 4.78 is 17.9. The molecule has 0 saturated carbocycles. The molecule has 0 aliphatic rings. The minimum Gasteiger partial charge on any atom is -0.418 e. The van der Waals surface area contributed by atoms with Gasteiger partial charge in [-0.1, -0.05) is 140 Å². The van der Waals surface area contributed by atoms with Crippen LogP contribution in [0.25, 0.3) is 0 Å². The molecule has 34 heavy (non-hydrogen) atoms. The number of para-hydroxylation sites is 2. The van der Waals surface area contributed by atoms with Gasteiger partial charge in [0.2, 0.25) is 0 Å². The maximum Gasteiger partial charge on any atom is 0.463 e. The van der Waals surface area contributed by atoms with Crippen molar-refractivity contribution in [3.05, 3.63) is 60.7 Å². The van der Waals surface area contributed by atoms with Gasteiger partial charge in [0.05, 0.1) is 6.61 Å². The summed E-state index contributed by atoms with van der Waals surface area (Å²) >= 11 is 0. The summed E-state index contributed by atoms with van der Waals surface area (Å²) in [7, 11) is -1.46. The van der Waals surface area contributed by atoms with E-state index in [4.69, 9.17) is 13.6 Å². The molecule has 0 unspecified atom stereocenters. The van der Waals surface area contributed by atoms with Gasteiger partial charge in [0.1, 0.15) is 11.5 Å². The molecule has 3 nitrogen and oxygen atoms in total. The van der Waals surface area contributed by atoms with Gasteiger partial charge < -0.3 is 9.05 Å². The van der Waals surface area contributed by atoms with E-state index >= 15 is 0 Å². The summed E-state index contributed by atoms with van der Waals surface area (Å²) in [5, 5.41) is 0. The Labute approximate surface area is 210 Å². The molecule has 0 bridgehead atoms. The van der Waals surface area contributed by atoms with Crippen molar-refractivity contribution in [2.45, 2.75) is 110 Å². The lowest BCUT2D eigenvalue weighted by molar-refractivity contribution is 0.258. The molecule has 0 N–H and O–H groups in total. The molecule has 2 aromatic rings. The zero-order chi connectivity index (χ0) is 23.9. The van der Waals surface area contributed by atoms with Gasteiger partial charge in [0.15, 0.2) is 0 Å². The summed E-state index contributed by atoms with van der Waals surface area (Å²) in [5.41, 5.74) is 0. The standard InChI is InChI=1S/C30H47O3P/c1-2-3-4-5-6-7-8-9-10-11-12-13-14-15-16-23-28-31-34(32-29-24-19-17-20-25-29)33-30-26-21-18-22-27-30/h17-22,24-27H,2-16,23,28H2,1H3. The van der Waals surface area contributed by atoms with E-state index in [1.54, 1.807) is 0 Å². The largest absolute Gasteiger partial charge is 0.463 e. The van der Waals surface area contributed by atoms with Crippen LogP contribution in [-0.2, 0) is 4.52 Å². The molecule has 0 saturated heterocycles. The van der Waals surface area contributed by atoms with Crippen molar-refractivity contribution in [2.75, 3.05) is 6.61 Å². The van der Waals surface area contributed by atoms with E-state index in [9.17, 15) is 0 Å². The highest BCUT2D eigenvalue weighted by molar-refractivity contribution is 7.42. The highest BCUT2D eigenvalue weighted by Gasteiger charge is 2.16. The fraction of sp³-hybridized carbons (Fsp3) is 0.600. The predicted molar refractivity (Wildman–Crippen MR) is 147 cm³/mol. The van der Waals surface area contributed by atoms with Crippen molar-refractivity contribution in [1.82, 2.24) is 0 Å². The second kappa shape index (κ2) is 20.8. The summed E-state index contributed by atoms with van der Waals surface area (Å²) in [6, 6.07) is 19.5. The normalized spacial score (nSPS) is 11.1. The highest BCUT2D eigenvalue weighted by Crippen LogP contribution is 2.41. The first-order valence-electron chi connectivity index (χ1n) is 13.8. The first-order valence-corrected chi connectivity index (χ1v) is 14.9. The predicted octanol–water partition coefficient (Wildman–Crippen LogP) is 10.6. The monoisotopic (exact) mass is 486 g/mol. The van der Waals surface area contributed by atoms with Gasteiger partial charge >= 0.3 is 8.60 Å². The van der Waals surface area contributed by atoms with Gasteiger partial charge in [0.25, 0.3) is 0 Å². The van der Waals surface area contributed by atoms with Crippen molar-refractivity contribution < 1.29 is 13.6 Å². The van der Waals surface area contributed by atoms with E-state index in [1.165, 1.54) is 96.3 Å². The van der Waals surface area contributed by atoms with Gasteiger partial charge in [-0.15, -0.1) is 0 Å². The molecule has 2 aromatic carbocycles. The fourth-order valence-corrected chi connectivity index (χ4v) is 5.00. The molecule has 190 valence electrons. The Kier molecular flexibility index (Phi) is 17.5. The first-order chi connectivity index (χ1) is 16.9. The van der Waals surface area contributed by atoms with Crippen molar-refractivity contribution in [2.24, 2.45) is 0 Å². The highest BCUT2D eigenvalue weighted by atomic mass is 31.2. The minimum absolute atomic E-state index is 0.670. The number of unbranched alkanes of at least 4 members (excludes halogenated alkanes) is 15. The lowest BCUT2D eigenvalue weighted by atomic mass is 10.0. The molecule has 0 fully saturated rings. The summed E-state index contributed by atoms with van der Waals surface area (Å²) in [5.74, 6) is 1.55. The third-order valence-electron chi connectivity index (χ3n) is 6.04. The fourth-order valence-electron chi connectivity index (χ4n) is 4.00. The molecule has 0 heterocycles. The van der Waals surface area contributed by atoms with Crippen LogP contribution >= 0.6 is 8.60 Å². The third kappa shape index (κ3) is 15.4. The lowest BCUT2D eigenvalue weighted by Gasteiger charge is -2.17. The van der Waals surface area contributed by atoms with Crippen molar-refractivity contribution in [1.29, 1.82) is 0 Å². The summed E-state index contributed by atoms with van der Waals surface area (Å²) in [6.07, 6.45) is 21.9. The molecule has 0 aliphatic heterocycles. The van der Waals surface area contributed by atoms with Crippen LogP contribution in [0.3, 0.4) is 0 Å². The molecule has 0 atom stereocenters. The summed E-state index contributed by atoms with van der Waals surface area (Å²) in [4.78, 5) is 0. The van der Waals surface area contributed by atoms with E-state index < -0.39 is 8.60 Å². The molecule has 0 aliphatic carbocycles. The molecule has 2 rings (SSSR count). The van der Waals surface area contributed by atoms with E-state index in [-0.39, 0.29) is 0 Å². The molecule has 0 spiro atoms. The maximum absolute atomic E-state index is 5.99. The minimum atomic E-state index is -1.46. The van der Waals surface area contributed by atoms with Gasteiger partial charge in [-0.3, -0.25) is 4.52 Å². The van der Waals surface area contributed by atoms with E-state index in [0.717, 1.165) is 17.9 Å². The lowest BCUT2D eigenvalue weighted by Crippen LogP contribution is -2.01. The first kappa shape index (κ1) is 28.7. The molecule has 0 amide bonds. The van der Waals surface area contributed by atoms with Gasteiger partial charge in [-0.2, -0.15) is 0 Å². The number of benzene rings is 2. The molecule has 0 aromatic heterocycles. The third-order valence-corrected chi connectivity index (χ3v) is 7.15. The number of rotatable bonds is 22. The van der Waals surface area contributed by atoms with Crippen molar-refractivity contribution in [3.63, 3.8) is 0 Å².